The van der Waals surface area contributed by atoms with E-state index in [1.807, 2.05) is 49.4 Å². The standard InChI is InChI=1S/C45H52O7/c1-3-29-47-48-31-14-5-4-13-30-46-37-25-21-33(22-26-37)32-49-52-45(2,36-17-7-6-8-18-36)44-50-40-27-23-34-15-9-11-19-38(34)42(40)43-39-20-12-10-16-35(39)24-28-41(43)51-44/h3,6-9,11,15,17-19,21-22,24-26,28,40,42,44H,1,4-5,10,12-14,16,20,23,27,29-32H2,2H3/t40?,42-,44?,45-/m0/s1. The molecule has 0 saturated carbocycles. The maximum atomic E-state index is 7.11. The van der Waals surface area contributed by atoms with Gasteiger partial charge in [0.2, 0.25) is 6.29 Å². The second-order valence-electron chi connectivity index (χ2n) is 14.3. The maximum Gasteiger partial charge on any atom is 0.236 e. The van der Waals surface area contributed by atoms with Crippen molar-refractivity contribution >= 4 is 0 Å². The average molecular weight is 705 g/mol. The zero-order valence-corrected chi connectivity index (χ0v) is 30.4. The topological polar surface area (TPSA) is 64.6 Å². The fraction of sp³-hybridized carbons (Fsp3) is 0.422. The van der Waals surface area contributed by atoms with Gasteiger partial charge < -0.3 is 14.2 Å². The lowest BCUT2D eigenvalue weighted by Crippen LogP contribution is -2.47. The summed E-state index contributed by atoms with van der Waals surface area (Å²) in [5, 5.41) is 0. The van der Waals surface area contributed by atoms with Gasteiger partial charge in [-0.1, -0.05) is 85.3 Å². The first kappa shape index (κ1) is 36.4. The molecule has 4 atom stereocenters. The number of aryl methyl sites for hydroxylation is 2. The molecule has 7 heteroatoms. The Balaban J connectivity index is 1.03. The second-order valence-corrected chi connectivity index (χ2v) is 14.3. The molecule has 0 aromatic heterocycles. The van der Waals surface area contributed by atoms with Crippen molar-refractivity contribution in [1.29, 1.82) is 0 Å². The van der Waals surface area contributed by atoms with Crippen LogP contribution in [0.25, 0.3) is 0 Å². The van der Waals surface area contributed by atoms with E-state index in [2.05, 4.69) is 55.1 Å². The number of rotatable bonds is 17. The summed E-state index contributed by atoms with van der Waals surface area (Å²) < 4.78 is 20.1. The third-order valence-corrected chi connectivity index (χ3v) is 10.7. The number of unbranched alkanes of at least 4 members (excludes halogenated alkanes) is 3. The minimum atomic E-state index is -1.06. The van der Waals surface area contributed by atoms with E-state index in [0.717, 1.165) is 74.0 Å². The molecule has 4 aromatic rings. The Morgan fingerprint density at radius 1 is 0.769 bits per heavy atom. The van der Waals surface area contributed by atoms with Gasteiger partial charge >= 0.3 is 0 Å². The fourth-order valence-corrected chi connectivity index (χ4v) is 7.90. The van der Waals surface area contributed by atoms with Crippen LogP contribution in [0, 0.1) is 0 Å². The molecule has 0 radical (unpaired) electrons. The van der Waals surface area contributed by atoms with Gasteiger partial charge in [0.05, 0.1) is 19.3 Å². The number of hydrogen-bond acceptors (Lipinski definition) is 7. The molecule has 0 saturated heterocycles. The molecular formula is C45H52O7. The molecule has 3 aliphatic rings. The molecular weight excluding hydrogens is 652 g/mol. The van der Waals surface area contributed by atoms with Crippen LogP contribution in [0.3, 0.4) is 0 Å². The lowest BCUT2D eigenvalue weighted by Gasteiger charge is -2.38. The van der Waals surface area contributed by atoms with Crippen LogP contribution in [-0.2, 0) is 55.8 Å². The van der Waals surface area contributed by atoms with Crippen molar-refractivity contribution in [3.8, 4) is 11.5 Å². The highest BCUT2D eigenvalue weighted by Crippen LogP contribution is 2.50. The lowest BCUT2D eigenvalue weighted by molar-refractivity contribution is -0.409. The van der Waals surface area contributed by atoms with Crippen LogP contribution in [0.5, 0.6) is 11.5 Å². The molecule has 0 amide bonds. The van der Waals surface area contributed by atoms with Gasteiger partial charge in [0.25, 0.3) is 0 Å². The van der Waals surface area contributed by atoms with Crippen LogP contribution in [0.15, 0.2) is 104 Å². The molecule has 2 unspecified atom stereocenters. The molecule has 7 nitrogen and oxygen atoms in total. The van der Waals surface area contributed by atoms with Crippen molar-refractivity contribution in [3.05, 3.63) is 143 Å². The lowest BCUT2D eigenvalue weighted by atomic mass is 9.73. The zero-order chi connectivity index (χ0) is 35.6. The summed E-state index contributed by atoms with van der Waals surface area (Å²) in [4.78, 5) is 22.6. The van der Waals surface area contributed by atoms with Gasteiger partial charge in [0, 0.05) is 11.5 Å². The van der Waals surface area contributed by atoms with Gasteiger partial charge in [-0.25, -0.2) is 19.6 Å². The number of hydrogen-bond donors (Lipinski definition) is 0. The van der Waals surface area contributed by atoms with E-state index in [9.17, 15) is 0 Å². The first-order valence-corrected chi connectivity index (χ1v) is 19.1. The van der Waals surface area contributed by atoms with Gasteiger partial charge in [-0.2, -0.15) is 0 Å². The zero-order valence-electron chi connectivity index (χ0n) is 30.4. The quantitative estimate of drug-likeness (QED) is 0.0469. The summed E-state index contributed by atoms with van der Waals surface area (Å²) >= 11 is 0. The molecule has 52 heavy (non-hydrogen) atoms. The van der Waals surface area contributed by atoms with E-state index < -0.39 is 11.9 Å². The molecule has 1 heterocycles. The van der Waals surface area contributed by atoms with Gasteiger partial charge in [-0.15, -0.1) is 6.58 Å². The van der Waals surface area contributed by atoms with E-state index in [4.69, 9.17) is 33.8 Å². The summed E-state index contributed by atoms with van der Waals surface area (Å²) in [6.45, 7) is 7.56. The van der Waals surface area contributed by atoms with Gasteiger partial charge in [-0.05, 0) is 116 Å². The Kier molecular flexibility index (Phi) is 12.4. The van der Waals surface area contributed by atoms with E-state index in [1.165, 1.54) is 40.7 Å². The molecule has 0 fully saturated rings. The Morgan fingerprint density at radius 3 is 2.40 bits per heavy atom. The molecule has 2 aliphatic carbocycles. The van der Waals surface area contributed by atoms with E-state index in [0.29, 0.717) is 19.8 Å². The van der Waals surface area contributed by atoms with Gasteiger partial charge in [0.1, 0.15) is 24.7 Å². The summed E-state index contributed by atoms with van der Waals surface area (Å²) in [5.41, 5.74) is 7.79. The molecule has 0 bridgehead atoms. The summed E-state index contributed by atoms with van der Waals surface area (Å²) in [6, 6.07) is 31.5. The SMILES string of the molecule is C=CCOOCCCCCCOc1ccc(COO[C@@](C)(c2ccccc2)C2Oc3ccc4c(c3[C@H]3c5ccccc5CCC3O2)CCCC4)cc1. The van der Waals surface area contributed by atoms with Crippen molar-refractivity contribution in [2.75, 3.05) is 19.8 Å². The molecule has 0 N–H and O–H groups in total. The molecule has 7 rings (SSSR count). The van der Waals surface area contributed by atoms with E-state index >= 15 is 0 Å². The number of fused-ring (bicyclic) bond motifs is 7. The minimum absolute atomic E-state index is 0.0650. The smallest absolute Gasteiger partial charge is 0.236 e. The Hall–Kier alpha value is -3.98. The van der Waals surface area contributed by atoms with Gasteiger partial charge in [0.15, 0.2) is 5.60 Å². The Morgan fingerprint density at radius 2 is 1.56 bits per heavy atom. The maximum absolute atomic E-state index is 7.11. The highest BCUT2D eigenvalue weighted by molar-refractivity contribution is 5.55. The normalized spacial score (nSPS) is 20.2. The average Bonchev–Trinajstić information content (AvgIpc) is 3.37. The van der Waals surface area contributed by atoms with Gasteiger partial charge in [-0.3, -0.25) is 0 Å². The largest absolute Gasteiger partial charge is 0.494 e. The van der Waals surface area contributed by atoms with Crippen LogP contribution in [0.1, 0.15) is 96.7 Å². The van der Waals surface area contributed by atoms with Crippen molar-refractivity contribution in [1.82, 2.24) is 0 Å². The fourth-order valence-electron chi connectivity index (χ4n) is 7.90. The number of benzene rings is 4. The van der Waals surface area contributed by atoms with E-state index in [1.54, 1.807) is 6.08 Å². The highest BCUT2D eigenvalue weighted by atomic mass is 17.2. The molecule has 4 aromatic carbocycles. The third-order valence-electron chi connectivity index (χ3n) is 10.7. The minimum Gasteiger partial charge on any atom is -0.494 e. The monoisotopic (exact) mass is 704 g/mol. The predicted molar refractivity (Wildman–Crippen MR) is 201 cm³/mol. The first-order chi connectivity index (χ1) is 25.6. The second kappa shape index (κ2) is 17.7. The molecule has 274 valence electrons. The van der Waals surface area contributed by atoms with Crippen LogP contribution in [0.2, 0.25) is 0 Å². The van der Waals surface area contributed by atoms with Crippen LogP contribution < -0.4 is 9.47 Å². The molecule has 0 spiro atoms. The van der Waals surface area contributed by atoms with Crippen molar-refractivity contribution in [2.45, 2.75) is 102 Å². The first-order valence-electron chi connectivity index (χ1n) is 19.1. The Bertz CT molecular complexity index is 1740. The summed E-state index contributed by atoms with van der Waals surface area (Å²) in [7, 11) is 0. The summed E-state index contributed by atoms with van der Waals surface area (Å²) in [6.07, 6.45) is 11.4. The number of ether oxygens (including phenoxy) is 3. The van der Waals surface area contributed by atoms with Crippen molar-refractivity contribution in [2.24, 2.45) is 0 Å². The highest BCUT2D eigenvalue weighted by Gasteiger charge is 2.48. The van der Waals surface area contributed by atoms with Crippen LogP contribution in [0.4, 0.5) is 0 Å². The van der Waals surface area contributed by atoms with Crippen molar-refractivity contribution < 1.29 is 33.8 Å². The predicted octanol–water partition coefficient (Wildman–Crippen LogP) is 9.88. The van der Waals surface area contributed by atoms with E-state index in [-0.39, 0.29) is 18.6 Å². The summed E-state index contributed by atoms with van der Waals surface area (Å²) in [5.74, 6) is 1.82. The van der Waals surface area contributed by atoms with Crippen LogP contribution >= 0.6 is 0 Å². The molecule has 1 aliphatic heterocycles. The Labute approximate surface area is 308 Å². The third kappa shape index (κ3) is 8.46. The van der Waals surface area contributed by atoms with Crippen molar-refractivity contribution in [3.63, 3.8) is 0 Å². The van der Waals surface area contributed by atoms with Crippen LogP contribution in [-0.4, -0.2) is 32.2 Å².